The van der Waals surface area contributed by atoms with E-state index in [4.69, 9.17) is 19.5 Å². The van der Waals surface area contributed by atoms with Gasteiger partial charge in [0.2, 0.25) is 0 Å². The lowest BCUT2D eigenvalue weighted by Gasteiger charge is -2.34. The molecule has 0 radical (unpaired) electrons. The van der Waals surface area contributed by atoms with E-state index in [1.165, 1.54) is 0 Å². The van der Waals surface area contributed by atoms with Crippen LogP contribution in [0.25, 0.3) is 11.1 Å². The third-order valence-electron chi connectivity index (χ3n) is 4.15. The van der Waals surface area contributed by atoms with E-state index in [-0.39, 0.29) is 6.10 Å². The second-order valence-electron chi connectivity index (χ2n) is 5.67. The Bertz CT molecular complexity index is 709. The third-order valence-corrected chi connectivity index (χ3v) is 4.15. The maximum Gasteiger partial charge on any atom is 0.179 e. The fourth-order valence-corrected chi connectivity index (χ4v) is 2.74. The molecule has 24 heavy (non-hydrogen) atoms. The summed E-state index contributed by atoms with van der Waals surface area (Å²) in [6, 6.07) is 13.9. The fraction of sp³-hybridized carbons (Fsp3) is 0.316. The average molecular weight is 324 g/mol. The van der Waals surface area contributed by atoms with Gasteiger partial charge in [-0.3, -0.25) is 0 Å². The third kappa shape index (κ3) is 3.29. The van der Waals surface area contributed by atoms with E-state index in [9.17, 15) is 0 Å². The van der Waals surface area contributed by atoms with Crippen LogP contribution < -0.4 is 9.47 Å². The van der Waals surface area contributed by atoms with E-state index in [2.05, 4.69) is 6.19 Å². The molecule has 124 valence electrons. The van der Waals surface area contributed by atoms with Crippen LogP contribution in [0.1, 0.15) is 5.56 Å². The number of benzene rings is 2. The molecule has 0 aromatic heterocycles. The van der Waals surface area contributed by atoms with E-state index in [0.29, 0.717) is 19.7 Å². The summed E-state index contributed by atoms with van der Waals surface area (Å²) in [7, 11) is 3.31. The summed E-state index contributed by atoms with van der Waals surface area (Å²) in [4.78, 5) is 1.68. The molecule has 0 N–H and O–H groups in total. The van der Waals surface area contributed by atoms with Gasteiger partial charge in [-0.1, -0.05) is 30.3 Å². The number of nitriles is 1. The number of likely N-dealkylation sites (tertiary alicyclic amines) is 1. The zero-order valence-corrected chi connectivity index (χ0v) is 13.9. The lowest BCUT2D eigenvalue weighted by atomic mass is 10.0. The van der Waals surface area contributed by atoms with Gasteiger partial charge in [-0.25, -0.2) is 0 Å². The van der Waals surface area contributed by atoms with Crippen LogP contribution in [0.2, 0.25) is 0 Å². The first-order valence-electron chi connectivity index (χ1n) is 7.81. The van der Waals surface area contributed by atoms with Crippen molar-refractivity contribution in [3.8, 4) is 28.8 Å². The summed E-state index contributed by atoms with van der Waals surface area (Å²) in [6.07, 6.45) is 2.26. The minimum atomic E-state index is 0.152. The molecule has 0 saturated carbocycles. The number of hydrogen-bond acceptors (Lipinski definition) is 5. The maximum absolute atomic E-state index is 8.71. The molecule has 5 nitrogen and oxygen atoms in total. The first-order valence-corrected chi connectivity index (χ1v) is 7.81. The van der Waals surface area contributed by atoms with Crippen molar-refractivity contribution in [3.63, 3.8) is 0 Å². The van der Waals surface area contributed by atoms with Crippen molar-refractivity contribution in [3.05, 3.63) is 48.0 Å². The van der Waals surface area contributed by atoms with E-state index in [0.717, 1.165) is 28.2 Å². The van der Waals surface area contributed by atoms with Crippen molar-refractivity contribution in [2.75, 3.05) is 27.3 Å². The van der Waals surface area contributed by atoms with Gasteiger partial charge in [0.05, 0.1) is 45.6 Å². The minimum Gasteiger partial charge on any atom is -0.496 e. The van der Waals surface area contributed by atoms with Gasteiger partial charge in [0.1, 0.15) is 11.5 Å². The van der Waals surface area contributed by atoms with Crippen molar-refractivity contribution in [2.24, 2.45) is 0 Å². The van der Waals surface area contributed by atoms with E-state index in [1.54, 1.807) is 19.1 Å². The van der Waals surface area contributed by atoms with Crippen LogP contribution in [0.15, 0.2) is 42.5 Å². The Labute approximate surface area is 142 Å². The minimum absolute atomic E-state index is 0.152. The van der Waals surface area contributed by atoms with Gasteiger partial charge in [0, 0.05) is 0 Å². The van der Waals surface area contributed by atoms with Crippen molar-refractivity contribution in [2.45, 2.75) is 12.7 Å². The molecule has 2 aromatic carbocycles. The van der Waals surface area contributed by atoms with Gasteiger partial charge in [-0.2, -0.15) is 5.26 Å². The van der Waals surface area contributed by atoms with Crippen LogP contribution in [-0.2, 0) is 11.3 Å². The summed E-state index contributed by atoms with van der Waals surface area (Å²) in [5.41, 5.74) is 3.08. The molecule has 5 heteroatoms. The molecule has 2 aromatic rings. The summed E-state index contributed by atoms with van der Waals surface area (Å²) >= 11 is 0. The molecule has 0 spiro atoms. The number of hydrogen-bond donors (Lipinski definition) is 0. The zero-order valence-electron chi connectivity index (χ0n) is 13.9. The zero-order chi connectivity index (χ0) is 16.9. The SMILES string of the molecule is COc1cccc(OC)c1-c1ccc(COC2CN(C#N)C2)cc1. The van der Waals surface area contributed by atoms with Crippen molar-refractivity contribution in [1.29, 1.82) is 5.26 Å². The van der Waals surface area contributed by atoms with Crippen LogP contribution in [0, 0.1) is 11.5 Å². The second kappa shape index (κ2) is 7.24. The summed E-state index contributed by atoms with van der Waals surface area (Å²) in [5.74, 6) is 1.56. The molecular weight excluding hydrogens is 304 g/mol. The quantitative estimate of drug-likeness (QED) is 0.765. The smallest absolute Gasteiger partial charge is 0.179 e. The molecule has 1 fully saturated rings. The Balaban J connectivity index is 1.70. The monoisotopic (exact) mass is 324 g/mol. The summed E-state index contributed by atoms with van der Waals surface area (Å²) in [6.45, 7) is 1.92. The Kier molecular flexibility index (Phi) is 4.88. The van der Waals surface area contributed by atoms with Crippen LogP contribution in [0.5, 0.6) is 11.5 Å². The number of methoxy groups -OCH3 is 2. The number of nitrogens with zero attached hydrogens (tertiary/aromatic N) is 2. The lowest BCUT2D eigenvalue weighted by molar-refractivity contribution is -0.0400. The predicted octanol–water partition coefficient (Wildman–Crippen LogP) is 3.05. The molecule has 1 saturated heterocycles. The van der Waals surface area contributed by atoms with Gasteiger partial charge >= 0.3 is 0 Å². The highest BCUT2D eigenvalue weighted by Crippen LogP contribution is 2.38. The fourth-order valence-electron chi connectivity index (χ4n) is 2.74. The molecule has 1 heterocycles. The summed E-state index contributed by atoms with van der Waals surface area (Å²) < 4.78 is 16.7. The van der Waals surface area contributed by atoms with Crippen molar-refractivity contribution < 1.29 is 14.2 Å². The van der Waals surface area contributed by atoms with Crippen LogP contribution in [0.4, 0.5) is 0 Å². The number of rotatable bonds is 6. The molecule has 1 aliphatic rings. The summed E-state index contributed by atoms with van der Waals surface area (Å²) in [5, 5.41) is 8.71. The lowest BCUT2D eigenvalue weighted by Crippen LogP contribution is -2.49. The van der Waals surface area contributed by atoms with Gasteiger partial charge in [-0.15, -0.1) is 0 Å². The molecular formula is C19H20N2O3. The molecule has 3 rings (SSSR count). The highest BCUT2D eigenvalue weighted by molar-refractivity contribution is 5.77. The molecule has 0 amide bonds. The molecule has 1 aliphatic heterocycles. The van der Waals surface area contributed by atoms with Gasteiger partial charge < -0.3 is 19.1 Å². The van der Waals surface area contributed by atoms with Crippen LogP contribution in [0.3, 0.4) is 0 Å². The van der Waals surface area contributed by atoms with Crippen LogP contribution in [-0.4, -0.2) is 38.3 Å². The topological polar surface area (TPSA) is 54.7 Å². The maximum atomic E-state index is 8.71. The first kappa shape index (κ1) is 16.2. The number of ether oxygens (including phenoxy) is 3. The van der Waals surface area contributed by atoms with E-state index >= 15 is 0 Å². The first-order chi connectivity index (χ1) is 11.7. The Hall–Kier alpha value is -2.71. The second-order valence-corrected chi connectivity index (χ2v) is 5.67. The highest BCUT2D eigenvalue weighted by Gasteiger charge is 2.26. The van der Waals surface area contributed by atoms with Gasteiger partial charge in [0.25, 0.3) is 0 Å². The molecule has 0 unspecified atom stereocenters. The largest absolute Gasteiger partial charge is 0.496 e. The standard InChI is InChI=1S/C19H20N2O3/c1-22-17-4-3-5-18(23-2)19(17)15-8-6-14(7-9-15)12-24-16-10-21(11-16)13-20/h3-9,16H,10-12H2,1-2H3. The van der Waals surface area contributed by atoms with Crippen LogP contribution >= 0.6 is 0 Å². The normalized spacial score (nSPS) is 14.0. The molecule has 0 aliphatic carbocycles. The predicted molar refractivity (Wildman–Crippen MR) is 90.7 cm³/mol. The Morgan fingerprint density at radius 1 is 1.04 bits per heavy atom. The van der Waals surface area contributed by atoms with E-state index < -0.39 is 0 Å². The molecule has 0 atom stereocenters. The average Bonchev–Trinajstić information content (AvgIpc) is 2.60. The van der Waals surface area contributed by atoms with Gasteiger partial charge in [-0.05, 0) is 23.3 Å². The Morgan fingerprint density at radius 2 is 1.67 bits per heavy atom. The molecule has 0 bridgehead atoms. The Morgan fingerprint density at radius 3 is 2.21 bits per heavy atom. The van der Waals surface area contributed by atoms with E-state index in [1.807, 2.05) is 42.5 Å². The van der Waals surface area contributed by atoms with Crippen molar-refractivity contribution >= 4 is 0 Å². The van der Waals surface area contributed by atoms with Crippen molar-refractivity contribution in [1.82, 2.24) is 4.90 Å². The highest BCUT2D eigenvalue weighted by atomic mass is 16.5. The van der Waals surface area contributed by atoms with Gasteiger partial charge in [0.15, 0.2) is 6.19 Å².